The third kappa shape index (κ3) is 7.90. The molecule has 3 amide bonds. The summed E-state index contributed by atoms with van der Waals surface area (Å²) in [6, 6.07) is 6.18. The van der Waals surface area contributed by atoms with Gasteiger partial charge in [0.25, 0.3) is 11.8 Å². The fourth-order valence-electron chi connectivity index (χ4n) is 4.57. The summed E-state index contributed by atoms with van der Waals surface area (Å²) in [5.41, 5.74) is 0.0381. The Morgan fingerprint density at radius 2 is 1.68 bits per heavy atom. The Morgan fingerprint density at radius 3 is 2.20 bits per heavy atom. The highest BCUT2D eigenvalue weighted by Crippen LogP contribution is 2.32. The number of ether oxygens (including phenoxy) is 3. The van der Waals surface area contributed by atoms with E-state index in [-0.39, 0.29) is 42.9 Å². The molecule has 0 unspecified atom stereocenters. The van der Waals surface area contributed by atoms with Gasteiger partial charge in [0.15, 0.2) is 11.8 Å². The average molecular weight is 588 g/mol. The van der Waals surface area contributed by atoms with E-state index in [0.29, 0.717) is 22.6 Å². The van der Waals surface area contributed by atoms with Gasteiger partial charge in [0.1, 0.15) is 10.6 Å². The summed E-state index contributed by atoms with van der Waals surface area (Å²) in [6.45, 7) is 10.7. The van der Waals surface area contributed by atoms with Gasteiger partial charge in [0.05, 0.1) is 18.2 Å². The fourth-order valence-corrected chi connectivity index (χ4v) is 5.40. The summed E-state index contributed by atoms with van der Waals surface area (Å²) >= 11 is 1.15. The van der Waals surface area contributed by atoms with Crippen molar-refractivity contribution in [2.75, 3.05) is 20.2 Å². The first kappa shape index (κ1) is 31.7. The first-order valence-electron chi connectivity index (χ1n) is 13.4. The van der Waals surface area contributed by atoms with E-state index in [1.54, 1.807) is 49.9 Å². The van der Waals surface area contributed by atoms with Gasteiger partial charge in [0, 0.05) is 37.9 Å². The van der Waals surface area contributed by atoms with Crippen molar-refractivity contribution < 1.29 is 38.2 Å². The summed E-state index contributed by atoms with van der Waals surface area (Å²) < 4.78 is 16.1. The van der Waals surface area contributed by atoms with Crippen LogP contribution in [0, 0.1) is 5.92 Å². The second-order valence-electron chi connectivity index (χ2n) is 11.0. The molecule has 222 valence electrons. The van der Waals surface area contributed by atoms with E-state index in [2.05, 4.69) is 4.98 Å². The van der Waals surface area contributed by atoms with Crippen LogP contribution in [-0.2, 0) is 19.0 Å². The van der Waals surface area contributed by atoms with Crippen LogP contribution in [0.5, 0.6) is 0 Å². The molecule has 0 N–H and O–H groups in total. The molecule has 3 rings (SSSR count). The van der Waals surface area contributed by atoms with Gasteiger partial charge in [0.2, 0.25) is 0 Å². The Morgan fingerprint density at radius 1 is 1.07 bits per heavy atom. The standard InChI is InChI=1S/C29H37N3O8S/c1-17(2)22(15-23(39-18(3)33)24-30-21(16-41-24)27(36)38-7)31(28(37)40-29(4,5)6)13-10-14-32-25(34)19-11-8-9-12-20(19)26(32)35/h8-9,11-12,16-17,22-23H,10,13-15H2,1-7H3/t22-,23-/m1/s1. The maximum absolute atomic E-state index is 13.5. The van der Waals surface area contributed by atoms with Crippen molar-refractivity contribution >= 4 is 41.2 Å². The van der Waals surface area contributed by atoms with E-state index < -0.39 is 35.8 Å². The van der Waals surface area contributed by atoms with Crippen molar-refractivity contribution in [2.45, 2.75) is 72.1 Å². The van der Waals surface area contributed by atoms with Crippen molar-refractivity contribution in [3.8, 4) is 0 Å². The van der Waals surface area contributed by atoms with Crippen molar-refractivity contribution in [3.05, 3.63) is 51.5 Å². The third-order valence-corrected chi connectivity index (χ3v) is 7.35. The van der Waals surface area contributed by atoms with E-state index >= 15 is 0 Å². The minimum absolute atomic E-state index is 0.0932. The SMILES string of the molecule is COC(=O)c1csc([C@@H](C[C@H](C(C)C)N(CCCN2C(=O)c3ccccc3C2=O)C(=O)OC(C)(C)C)OC(C)=O)n1. The van der Waals surface area contributed by atoms with E-state index in [1.165, 1.54) is 24.3 Å². The molecule has 0 bridgehead atoms. The number of nitrogens with zero attached hydrogens (tertiary/aromatic N) is 3. The molecular weight excluding hydrogens is 550 g/mol. The fraction of sp³-hybridized carbons (Fsp3) is 0.517. The second kappa shape index (κ2) is 13.2. The number of fused-ring (bicyclic) bond motifs is 1. The molecule has 2 atom stereocenters. The predicted octanol–water partition coefficient (Wildman–Crippen LogP) is 4.87. The number of hydrogen-bond donors (Lipinski definition) is 0. The molecule has 1 aliphatic heterocycles. The molecule has 1 aromatic heterocycles. The molecule has 1 aromatic carbocycles. The number of rotatable bonds is 11. The van der Waals surface area contributed by atoms with Crippen molar-refractivity contribution in [1.82, 2.24) is 14.8 Å². The highest BCUT2D eigenvalue weighted by molar-refractivity contribution is 7.09. The summed E-state index contributed by atoms with van der Waals surface area (Å²) in [5.74, 6) is -2.00. The average Bonchev–Trinajstić information content (AvgIpc) is 3.47. The Balaban J connectivity index is 1.85. The number of benzene rings is 1. The molecule has 12 heteroatoms. The van der Waals surface area contributed by atoms with E-state index in [9.17, 15) is 24.0 Å². The van der Waals surface area contributed by atoms with Crippen molar-refractivity contribution in [3.63, 3.8) is 0 Å². The lowest BCUT2D eigenvalue weighted by Gasteiger charge is -2.37. The summed E-state index contributed by atoms with van der Waals surface area (Å²) in [6.07, 6.45) is -0.938. The molecule has 2 heterocycles. The van der Waals surface area contributed by atoms with E-state index in [4.69, 9.17) is 14.2 Å². The summed E-state index contributed by atoms with van der Waals surface area (Å²) in [4.78, 5) is 70.2. The molecule has 0 fully saturated rings. The van der Waals surface area contributed by atoms with Crippen LogP contribution in [0.2, 0.25) is 0 Å². The third-order valence-electron chi connectivity index (χ3n) is 6.41. The van der Waals surface area contributed by atoms with Gasteiger partial charge in [-0.15, -0.1) is 11.3 Å². The zero-order chi connectivity index (χ0) is 30.5. The van der Waals surface area contributed by atoms with Crippen LogP contribution in [0.4, 0.5) is 4.79 Å². The van der Waals surface area contributed by atoms with Crippen LogP contribution < -0.4 is 0 Å². The smallest absolute Gasteiger partial charge is 0.410 e. The Hall–Kier alpha value is -3.80. The Labute approximate surface area is 243 Å². The zero-order valence-electron chi connectivity index (χ0n) is 24.5. The Bertz CT molecular complexity index is 1260. The van der Waals surface area contributed by atoms with Gasteiger partial charge in [-0.05, 0) is 45.2 Å². The zero-order valence-corrected chi connectivity index (χ0v) is 25.3. The molecule has 11 nitrogen and oxygen atoms in total. The first-order valence-corrected chi connectivity index (χ1v) is 14.3. The van der Waals surface area contributed by atoms with Gasteiger partial charge >= 0.3 is 18.0 Å². The largest absolute Gasteiger partial charge is 0.464 e. The minimum atomic E-state index is -0.843. The molecule has 0 saturated heterocycles. The van der Waals surface area contributed by atoms with Crippen molar-refractivity contribution in [2.24, 2.45) is 5.92 Å². The lowest BCUT2D eigenvalue weighted by Crippen LogP contribution is -2.47. The molecule has 0 radical (unpaired) electrons. The van der Waals surface area contributed by atoms with Gasteiger partial charge in [-0.1, -0.05) is 26.0 Å². The van der Waals surface area contributed by atoms with Crippen LogP contribution in [0.1, 0.15) is 96.7 Å². The minimum Gasteiger partial charge on any atom is -0.464 e. The van der Waals surface area contributed by atoms with E-state index in [1.807, 2.05) is 13.8 Å². The number of carbonyl (C=O) groups excluding carboxylic acids is 5. The molecule has 2 aromatic rings. The lowest BCUT2D eigenvalue weighted by atomic mass is 9.96. The maximum atomic E-state index is 13.5. The second-order valence-corrected chi connectivity index (χ2v) is 11.9. The summed E-state index contributed by atoms with van der Waals surface area (Å²) in [7, 11) is 1.25. The number of imide groups is 1. The number of hydrogen-bond acceptors (Lipinski definition) is 10. The van der Waals surface area contributed by atoms with Crippen LogP contribution in [-0.4, -0.2) is 76.5 Å². The number of carbonyl (C=O) groups is 5. The number of thiazole rings is 1. The van der Waals surface area contributed by atoms with Gasteiger partial charge < -0.3 is 19.1 Å². The van der Waals surface area contributed by atoms with Crippen LogP contribution in [0.15, 0.2) is 29.6 Å². The first-order chi connectivity index (χ1) is 19.2. The highest BCUT2D eigenvalue weighted by Gasteiger charge is 2.37. The van der Waals surface area contributed by atoms with Crippen LogP contribution in [0.3, 0.4) is 0 Å². The molecule has 0 saturated carbocycles. The van der Waals surface area contributed by atoms with Gasteiger partial charge in [-0.25, -0.2) is 14.6 Å². The van der Waals surface area contributed by atoms with Crippen LogP contribution in [0.25, 0.3) is 0 Å². The topological polar surface area (TPSA) is 132 Å². The monoisotopic (exact) mass is 587 g/mol. The number of methoxy groups -OCH3 is 1. The normalized spacial score (nSPS) is 14.5. The molecule has 0 aliphatic carbocycles. The maximum Gasteiger partial charge on any atom is 0.410 e. The number of aromatic nitrogens is 1. The molecule has 41 heavy (non-hydrogen) atoms. The highest BCUT2D eigenvalue weighted by atomic mass is 32.1. The van der Waals surface area contributed by atoms with Gasteiger partial charge in [-0.2, -0.15) is 0 Å². The summed E-state index contributed by atoms with van der Waals surface area (Å²) in [5, 5.41) is 1.91. The van der Waals surface area contributed by atoms with E-state index in [0.717, 1.165) is 11.3 Å². The number of amides is 3. The molecule has 1 aliphatic rings. The number of esters is 2. The van der Waals surface area contributed by atoms with Crippen molar-refractivity contribution in [1.29, 1.82) is 0 Å². The lowest BCUT2D eigenvalue weighted by molar-refractivity contribution is -0.148. The Kier molecular flexibility index (Phi) is 10.2. The predicted molar refractivity (Wildman–Crippen MR) is 151 cm³/mol. The molecule has 0 spiro atoms. The quantitative estimate of drug-likeness (QED) is 0.205. The van der Waals surface area contributed by atoms with Crippen LogP contribution >= 0.6 is 11.3 Å². The van der Waals surface area contributed by atoms with Gasteiger partial charge in [-0.3, -0.25) is 19.3 Å². The molecular formula is C29H37N3O8S.